The fourth-order valence-electron chi connectivity index (χ4n) is 2.61. The molecule has 0 spiro atoms. The zero-order chi connectivity index (χ0) is 13.2. The van der Waals surface area contributed by atoms with E-state index < -0.39 is 17.7 Å². The van der Waals surface area contributed by atoms with E-state index in [1.54, 1.807) is 0 Å². The van der Waals surface area contributed by atoms with Gasteiger partial charge in [-0.15, -0.1) is 0 Å². The van der Waals surface area contributed by atoms with Crippen molar-refractivity contribution < 1.29 is 13.9 Å². The molecule has 4 heteroatoms. The third-order valence-electron chi connectivity index (χ3n) is 3.76. The Morgan fingerprint density at radius 1 is 1.28 bits per heavy atom. The van der Waals surface area contributed by atoms with Gasteiger partial charge in [0.1, 0.15) is 11.6 Å². The zero-order valence-corrected chi connectivity index (χ0v) is 10.5. The molecule has 0 aliphatic heterocycles. The lowest BCUT2D eigenvalue weighted by molar-refractivity contribution is 0.150. The number of hydrogen-bond donors (Lipinski definition) is 2. The first-order valence-electron chi connectivity index (χ1n) is 6.39. The Morgan fingerprint density at radius 2 is 1.83 bits per heavy atom. The van der Waals surface area contributed by atoms with Crippen molar-refractivity contribution in [3.63, 3.8) is 0 Å². The number of halogens is 2. The van der Waals surface area contributed by atoms with Crippen molar-refractivity contribution in [1.82, 2.24) is 5.32 Å². The van der Waals surface area contributed by atoms with Crippen molar-refractivity contribution in [2.45, 2.75) is 44.2 Å². The number of rotatable bonds is 4. The number of aliphatic hydroxyl groups excluding tert-OH is 1. The van der Waals surface area contributed by atoms with Crippen LogP contribution in [0.4, 0.5) is 8.78 Å². The van der Waals surface area contributed by atoms with Crippen molar-refractivity contribution in [3.8, 4) is 0 Å². The van der Waals surface area contributed by atoms with E-state index in [9.17, 15) is 13.9 Å². The van der Waals surface area contributed by atoms with Gasteiger partial charge in [-0.3, -0.25) is 0 Å². The van der Waals surface area contributed by atoms with Gasteiger partial charge in [-0.25, -0.2) is 8.78 Å². The third kappa shape index (κ3) is 2.87. The zero-order valence-electron chi connectivity index (χ0n) is 10.5. The molecule has 18 heavy (non-hydrogen) atoms. The molecular weight excluding hydrogens is 236 g/mol. The second-order valence-corrected chi connectivity index (χ2v) is 5.30. The summed E-state index contributed by atoms with van der Waals surface area (Å²) in [6.45, 7) is 2.26. The molecule has 0 saturated heterocycles. The molecule has 1 aliphatic rings. The molecule has 2 N–H and O–H groups in total. The van der Waals surface area contributed by atoms with Crippen LogP contribution in [0.25, 0.3) is 0 Å². The van der Waals surface area contributed by atoms with Gasteiger partial charge in [0.25, 0.3) is 0 Å². The van der Waals surface area contributed by atoms with E-state index in [1.807, 2.05) is 0 Å². The first kappa shape index (κ1) is 13.4. The molecule has 1 aromatic carbocycles. The minimum Gasteiger partial charge on any atom is -0.387 e. The Bertz CT molecular complexity index is 396. The highest BCUT2D eigenvalue weighted by molar-refractivity contribution is 5.22. The number of hydrogen-bond acceptors (Lipinski definition) is 2. The maximum atomic E-state index is 13.5. The van der Waals surface area contributed by atoms with Crippen molar-refractivity contribution in [3.05, 3.63) is 35.4 Å². The molecule has 2 nitrogen and oxygen atoms in total. The smallest absolute Gasteiger partial charge is 0.131 e. The van der Waals surface area contributed by atoms with Crippen LogP contribution in [0.15, 0.2) is 18.2 Å². The van der Waals surface area contributed by atoms with Crippen LogP contribution in [0, 0.1) is 11.6 Å². The summed E-state index contributed by atoms with van der Waals surface area (Å²) in [5, 5.41) is 13.1. The summed E-state index contributed by atoms with van der Waals surface area (Å²) in [6, 6.07) is 3.63. The van der Waals surface area contributed by atoms with Crippen molar-refractivity contribution in [2.75, 3.05) is 6.54 Å². The van der Waals surface area contributed by atoms with Crippen molar-refractivity contribution in [2.24, 2.45) is 0 Å². The van der Waals surface area contributed by atoms with Gasteiger partial charge in [-0.05, 0) is 31.9 Å². The number of benzene rings is 1. The van der Waals surface area contributed by atoms with Crippen LogP contribution in [0.3, 0.4) is 0 Å². The maximum Gasteiger partial charge on any atom is 0.131 e. The first-order chi connectivity index (χ1) is 8.52. The third-order valence-corrected chi connectivity index (χ3v) is 3.76. The quantitative estimate of drug-likeness (QED) is 0.867. The van der Waals surface area contributed by atoms with Gasteiger partial charge in [-0.2, -0.15) is 0 Å². The molecule has 2 rings (SSSR count). The molecule has 0 aromatic heterocycles. The minimum atomic E-state index is -1.15. The van der Waals surface area contributed by atoms with Gasteiger partial charge in [0, 0.05) is 12.1 Å². The fraction of sp³-hybridized carbons (Fsp3) is 0.571. The Labute approximate surface area is 106 Å². The maximum absolute atomic E-state index is 13.5. The summed E-state index contributed by atoms with van der Waals surface area (Å²) in [6.07, 6.45) is 3.25. The highest BCUT2D eigenvalue weighted by Gasteiger charge is 2.29. The first-order valence-corrected chi connectivity index (χ1v) is 6.39. The molecule has 1 atom stereocenters. The van der Waals surface area contributed by atoms with Gasteiger partial charge in [0.15, 0.2) is 0 Å². The largest absolute Gasteiger partial charge is 0.387 e. The van der Waals surface area contributed by atoms with Gasteiger partial charge >= 0.3 is 0 Å². The lowest BCUT2D eigenvalue weighted by Gasteiger charge is -2.27. The second-order valence-electron chi connectivity index (χ2n) is 5.30. The molecule has 1 saturated carbocycles. The molecule has 1 unspecified atom stereocenters. The Hall–Kier alpha value is -1.00. The van der Waals surface area contributed by atoms with Crippen LogP contribution in [-0.2, 0) is 0 Å². The number of β-amino-alcohol motifs (C(OH)–C–C–N with tert-alkyl or cyclic N) is 1. The SMILES string of the molecule is CC1(NCC(O)c2c(F)cccc2F)CCCC1. The lowest BCUT2D eigenvalue weighted by atomic mass is 9.99. The highest BCUT2D eigenvalue weighted by atomic mass is 19.1. The predicted molar refractivity (Wildman–Crippen MR) is 66.2 cm³/mol. The topological polar surface area (TPSA) is 32.3 Å². The molecule has 0 radical (unpaired) electrons. The van der Waals surface area contributed by atoms with Crippen LogP contribution >= 0.6 is 0 Å². The molecule has 1 aromatic rings. The minimum absolute atomic E-state index is 0.0112. The van der Waals surface area contributed by atoms with E-state index in [-0.39, 0.29) is 17.6 Å². The van der Waals surface area contributed by atoms with Gasteiger partial charge in [0.05, 0.1) is 11.7 Å². The van der Waals surface area contributed by atoms with Gasteiger partial charge in [-0.1, -0.05) is 18.9 Å². The van der Waals surface area contributed by atoms with E-state index in [0.29, 0.717) is 0 Å². The summed E-state index contributed by atoms with van der Waals surface area (Å²) < 4.78 is 26.9. The molecule has 0 amide bonds. The summed E-state index contributed by atoms with van der Waals surface area (Å²) in [5.74, 6) is -1.39. The van der Waals surface area contributed by atoms with Crippen molar-refractivity contribution in [1.29, 1.82) is 0 Å². The second kappa shape index (κ2) is 5.33. The molecular formula is C14H19F2NO. The summed E-state index contributed by atoms with van der Waals surface area (Å²) >= 11 is 0. The van der Waals surface area contributed by atoms with Crippen LogP contribution in [-0.4, -0.2) is 17.2 Å². The van der Waals surface area contributed by atoms with Gasteiger partial charge < -0.3 is 10.4 Å². The predicted octanol–water partition coefficient (Wildman–Crippen LogP) is 2.92. The molecule has 1 aliphatic carbocycles. The standard InChI is InChI=1S/C14H19F2NO/c1-14(7-2-3-8-14)17-9-12(18)13-10(15)5-4-6-11(13)16/h4-6,12,17-18H,2-3,7-9H2,1H3. The number of nitrogens with one attached hydrogen (secondary N) is 1. The van der Waals surface area contributed by atoms with Gasteiger partial charge in [0.2, 0.25) is 0 Å². The Kier molecular flexibility index (Phi) is 3.97. The average Bonchev–Trinajstić information content (AvgIpc) is 2.74. The van der Waals surface area contributed by atoms with Crippen LogP contribution in [0.1, 0.15) is 44.3 Å². The van der Waals surface area contributed by atoms with E-state index in [2.05, 4.69) is 12.2 Å². The van der Waals surface area contributed by atoms with Crippen molar-refractivity contribution >= 4 is 0 Å². The normalized spacial score (nSPS) is 20.0. The molecule has 0 heterocycles. The van der Waals surface area contributed by atoms with E-state index >= 15 is 0 Å². The molecule has 1 fully saturated rings. The van der Waals surface area contributed by atoms with E-state index in [4.69, 9.17) is 0 Å². The monoisotopic (exact) mass is 255 g/mol. The summed E-state index contributed by atoms with van der Waals surface area (Å²) in [5.41, 5.74) is -0.255. The van der Waals surface area contributed by atoms with Crippen LogP contribution in [0.5, 0.6) is 0 Å². The number of aliphatic hydroxyl groups is 1. The van der Waals surface area contributed by atoms with Crippen LogP contribution < -0.4 is 5.32 Å². The van der Waals surface area contributed by atoms with E-state index in [0.717, 1.165) is 25.7 Å². The lowest BCUT2D eigenvalue weighted by Crippen LogP contribution is -2.41. The summed E-state index contributed by atoms with van der Waals surface area (Å²) in [4.78, 5) is 0. The van der Waals surface area contributed by atoms with Crippen LogP contribution in [0.2, 0.25) is 0 Å². The Balaban J connectivity index is 2.01. The molecule has 0 bridgehead atoms. The Morgan fingerprint density at radius 3 is 2.39 bits per heavy atom. The summed E-state index contributed by atoms with van der Waals surface area (Å²) in [7, 11) is 0. The highest BCUT2D eigenvalue weighted by Crippen LogP contribution is 2.29. The average molecular weight is 255 g/mol. The van der Waals surface area contributed by atoms with E-state index in [1.165, 1.54) is 18.2 Å². The fourth-order valence-corrected chi connectivity index (χ4v) is 2.61. The molecule has 100 valence electrons.